The molecule has 6 aromatic rings. The quantitative estimate of drug-likeness (QED) is 0.0281. The first kappa shape index (κ1) is 54.0. The Hall–Kier alpha value is -5.82. The summed E-state index contributed by atoms with van der Waals surface area (Å²) >= 11 is 0. The van der Waals surface area contributed by atoms with Gasteiger partial charge in [0.1, 0.15) is 41.7 Å². The first-order valence-electron chi connectivity index (χ1n) is 25.2. The van der Waals surface area contributed by atoms with Crippen LogP contribution >= 0.6 is 8.53 Å². The molecule has 0 bridgehead atoms. The predicted octanol–water partition coefficient (Wildman–Crippen LogP) is 11.8. The van der Waals surface area contributed by atoms with Crippen LogP contribution < -0.4 is 14.8 Å². The van der Waals surface area contributed by atoms with E-state index in [1.54, 1.807) is 32.7 Å². The van der Waals surface area contributed by atoms with Gasteiger partial charge in [0.05, 0.1) is 46.3 Å². The topological polar surface area (TPSA) is 164 Å². The summed E-state index contributed by atoms with van der Waals surface area (Å²) in [6.07, 6.45) is 7.84. The van der Waals surface area contributed by atoms with Crippen molar-refractivity contribution in [1.82, 2.24) is 24.2 Å². The molecule has 2 aromatic heterocycles. The van der Waals surface area contributed by atoms with Crippen molar-refractivity contribution in [3.8, 4) is 17.6 Å². The van der Waals surface area contributed by atoms with E-state index in [9.17, 15) is 10.1 Å². The van der Waals surface area contributed by atoms with Gasteiger partial charge < -0.3 is 38.0 Å². The van der Waals surface area contributed by atoms with E-state index in [4.69, 9.17) is 42.7 Å². The second kappa shape index (κ2) is 26.8. The first-order chi connectivity index (χ1) is 35.1. The predicted molar refractivity (Wildman–Crippen MR) is 280 cm³/mol. The van der Waals surface area contributed by atoms with Gasteiger partial charge >= 0.3 is 0 Å². The van der Waals surface area contributed by atoms with Gasteiger partial charge in [-0.3, -0.25) is 9.36 Å². The fraction of sp³-hybridized carbons (Fsp3) is 0.446. The molecule has 1 amide bonds. The normalized spacial score (nSPS) is 17.4. The highest BCUT2D eigenvalue weighted by atomic mass is 31.2. The first-order valence-corrected chi connectivity index (χ1v) is 26.3. The Labute approximate surface area is 426 Å². The SMILES string of the molecule is CCCCCCCCCO[C@@H]1[C@H](OP(OCCC#N)N(C(C)C)C(C)C)[C@@H](COC(c2ccccc2)(c2ccc(OC)cc2)c2ccc(OC)cc2)O[C@H]1n1cnc2c(NC(=O)c3ccccc3)ncnc21. The van der Waals surface area contributed by atoms with Gasteiger partial charge in [0.15, 0.2) is 23.2 Å². The van der Waals surface area contributed by atoms with Gasteiger partial charge in [-0.1, -0.05) is 118 Å². The highest BCUT2D eigenvalue weighted by Gasteiger charge is 2.52. The number of fused-ring (bicyclic) bond motifs is 1. The maximum atomic E-state index is 13.5. The number of aromatic nitrogens is 4. The minimum absolute atomic E-state index is 0.0101. The van der Waals surface area contributed by atoms with E-state index in [-0.39, 0.29) is 43.4 Å². The van der Waals surface area contributed by atoms with E-state index in [0.29, 0.717) is 34.8 Å². The van der Waals surface area contributed by atoms with Crippen LogP contribution in [0.1, 0.15) is 119 Å². The van der Waals surface area contributed by atoms with Crippen molar-refractivity contribution < 1.29 is 37.5 Å². The summed E-state index contributed by atoms with van der Waals surface area (Å²) < 4.78 is 51.2. The Kier molecular flexibility index (Phi) is 20.1. The largest absolute Gasteiger partial charge is 0.497 e. The van der Waals surface area contributed by atoms with Crippen molar-refractivity contribution in [2.75, 3.05) is 39.4 Å². The van der Waals surface area contributed by atoms with Gasteiger partial charge in [-0.15, -0.1) is 0 Å². The molecule has 4 aromatic carbocycles. The number of carbonyl (C=O) groups is 1. The maximum Gasteiger partial charge on any atom is 0.259 e. The van der Waals surface area contributed by atoms with Gasteiger partial charge in [0.2, 0.25) is 0 Å². The molecule has 0 radical (unpaired) electrons. The van der Waals surface area contributed by atoms with Crippen molar-refractivity contribution >= 4 is 31.4 Å². The average molecular weight is 1000 g/mol. The number of hydrogen-bond acceptors (Lipinski definition) is 13. The highest BCUT2D eigenvalue weighted by Crippen LogP contribution is 2.52. The lowest BCUT2D eigenvalue weighted by molar-refractivity contribution is -0.0954. The number of hydrogen-bond donors (Lipinski definition) is 1. The molecule has 382 valence electrons. The van der Waals surface area contributed by atoms with Crippen LogP contribution in [0.5, 0.6) is 11.5 Å². The number of unbranched alkanes of at least 4 members (excludes halogenated alkanes) is 6. The molecule has 15 nitrogen and oxygen atoms in total. The number of nitrogens with one attached hydrogen (secondary N) is 1. The third-order valence-corrected chi connectivity index (χ3v) is 14.9. The second-order valence-electron chi connectivity index (χ2n) is 18.3. The summed E-state index contributed by atoms with van der Waals surface area (Å²) in [6, 6.07) is 37.2. The van der Waals surface area contributed by atoms with Gasteiger partial charge in [-0.05, 0) is 87.2 Å². The number of methoxy groups -OCH3 is 2. The molecule has 3 heterocycles. The van der Waals surface area contributed by atoms with Crippen molar-refractivity contribution in [3.63, 3.8) is 0 Å². The van der Waals surface area contributed by atoms with Gasteiger partial charge in [-0.25, -0.2) is 19.6 Å². The summed E-state index contributed by atoms with van der Waals surface area (Å²) in [5.41, 5.74) is 2.69. The monoisotopic (exact) mass is 1000 g/mol. The van der Waals surface area contributed by atoms with Crippen LogP contribution in [0.2, 0.25) is 0 Å². The summed E-state index contributed by atoms with van der Waals surface area (Å²) in [7, 11) is 1.50. The van der Waals surface area contributed by atoms with Crippen molar-refractivity contribution in [1.29, 1.82) is 5.26 Å². The number of benzene rings is 4. The number of rotatable bonds is 28. The van der Waals surface area contributed by atoms with Gasteiger partial charge in [0.25, 0.3) is 14.4 Å². The molecule has 0 saturated carbocycles. The zero-order valence-corrected chi connectivity index (χ0v) is 43.6. The number of amides is 1. The summed E-state index contributed by atoms with van der Waals surface area (Å²) in [5, 5.41) is 12.6. The number of nitriles is 1. The summed E-state index contributed by atoms with van der Waals surface area (Å²) in [4.78, 5) is 27.4. The molecule has 1 aliphatic heterocycles. The zero-order chi connectivity index (χ0) is 50.9. The van der Waals surface area contributed by atoms with E-state index in [1.165, 1.54) is 32.0 Å². The van der Waals surface area contributed by atoms with Crippen LogP contribution in [0.4, 0.5) is 5.82 Å². The van der Waals surface area contributed by atoms with Crippen LogP contribution in [0.15, 0.2) is 122 Å². The fourth-order valence-corrected chi connectivity index (χ4v) is 11.0. The van der Waals surface area contributed by atoms with E-state index in [2.05, 4.69) is 67.8 Å². The number of imidazole rings is 1. The molecule has 16 heteroatoms. The van der Waals surface area contributed by atoms with Crippen LogP contribution in [-0.4, -0.2) is 94.5 Å². The minimum Gasteiger partial charge on any atom is -0.497 e. The Bertz CT molecular complexity index is 2560. The maximum absolute atomic E-state index is 13.5. The van der Waals surface area contributed by atoms with Crippen molar-refractivity contribution in [2.24, 2.45) is 0 Å². The zero-order valence-electron chi connectivity index (χ0n) is 42.7. The molecule has 0 aliphatic carbocycles. The molecule has 1 unspecified atom stereocenters. The minimum atomic E-state index is -1.80. The molecule has 5 atom stereocenters. The Balaban J connectivity index is 1.34. The Morgan fingerprint density at radius 1 is 0.778 bits per heavy atom. The van der Waals surface area contributed by atoms with Crippen molar-refractivity contribution in [2.45, 2.75) is 128 Å². The number of ether oxygens (including phenoxy) is 5. The summed E-state index contributed by atoms with van der Waals surface area (Å²) in [6.45, 7) is 11.3. The standard InChI is InChI=1S/C56H70N7O8P/c1-8-9-10-11-12-13-20-35-67-51-50(71-72(69-36-21-34-57)63(40(2)3)41(4)5)48(70-55(51)62-39-60-49-52(58-38-59-53(49)62)61-54(64)42-22-16-14-17-23-42)37-68-56(43-24-18-15-19-25-43,44-26-30-46(65-6)31-27-44)45-28-32-47(66-7)33-29-45/h14-19,22-33,38-41,48,50-51,55H,8-13,20-21,35-37H2,1-7H3,(H,58,59,61,64)/t48-,50-,51-,55-,72?/m1/s1. The fourth-order valence-electron chi connectivity index (χ4n) is 9.23. The molecule has 7 rings (SSSR count). The smallest absolute Gasteiger partial charge is 0.259 e. The lowest BCUT2D eigenvalue weighted by Crippen LogP contribution is -2.43. The lowest BCUT2D eigenvalue weighted by atomic mass is 9.80. The second-order valence-corrected chi connectivity index (χ2v) is 19.7. The van der Waals surface area contributed by atoms with E-state index in [1.807, 2.05) is 89.5 Å². The molecule has 72 heavy (non-hydrogen) atoms. The van der Waals surface area contributed by atoms with Crippen LogP contribution in [0, 0.1) is 11.3 Å². The van der Waals surface area contributed by atoms with Crippen LogP contribution in [-0.2, 0) is 28.9 Å². The number of nitrogens with zero attached hydrogens (tertiary/aromatic N) is 6. The average Bonchev–Trinajstić information content (AvgIpc) is 3.99. The van der Waals surface area contributed by atoms with E-state index >= 15 is 0 Å². The van der Waals surface area contributed by atoms with Crippen LogP contribution in [0.25, 0.3) is 11.2 Å². The third-order valence-electron chi connectivity index (χ3n) is 12.8. The molecular weight excluding hydrogens is 930 g/mol. The Morgan fingerprint density at radius 2 is 1.38 bits per heavy atom. The number of carbonyl (C=O) groups excluding carboxylic acids is 1. The van der Waals surface area contributed by atoms with E-state index in [0.717, 1.165) is 36.0 Å². The molecule has 1 N–H and O–H groups in total. The van der Waals surface area contributed by atoms with Crippen molar-refractivity contribution in [3.05, 3.63) is 144 Å². The highest BCUT2D eigenvalue weighted by molar-refractivity contribution is 7.44. The third kappa shape index (κ3) is 13.0. The molecule has 1 fully saturated rings. The molecule has 1 saturated heterocycles. The lowest BCUT2D eigenvalue weighted by Gasteiger charge is -2.39. The van der Waals surface area contributed by atoms with Gasteiger partial charge in [0, 0.05) is 24.3 Å². The van der Waals surface area contributed by atoms with E-state index < -0.39 is 38.7 Å². The molecule has 0 spiro atoms. The molecule has 1 aliphatic rings. The van der Waals surface area contributed by atoms with Crippen LogP contribution in [0.3, 0.4) is 0 Å². The number of anilines is 1. The van der Waals surface area contributed by atoms with Gasteiger partial charge in [-0.2, -0.15) is 5.26 Å². The Morgan fingerprint density at radius 3 is 1.97 bits per heavy atom. The molecular formula is C56H70N7O8P. The summed E-state index contributed by atoms with van der Waals surface area (Å²) in [5.74, 6) is 1.33.